The molecular formula is C20H17NO5S. The van der Waals surface area contributed by atoms with E-state index in [0.717, 1.165) is 10.4 Å². The average Bonchev–Trinajstić information content (AvgIpc) is 3.45. The zero-order valence-electron chi connectivity index (χ0n) is 14.3. The monoisotopic (exact) mass is 383 g/mol. The lowest BCUT2D eigenvalue weighted by atomic mass is 9.94. The number of furan rings is 1. The number of carbonyl (C=O) groups is 1. The first kappa shape index (κ1) is 17.4. The van der Waals surface area contributed by atoms with Gasteiger partial charge in [0.1, 0.15) is 5.60 Å². The quantitative estimate of drug-likeness (QED) is 0.639. The van der Waals surface area contributed by atoms with Gasteiger partial charge >= 0.3 is 0 Å². The van der Waals surface area contributed by atoms with Gasteiger partial charge < -0.3 is 24.3 Å². The Bertz CT molecular complexity index is 913. The van der Waals surface area contributed by atoms with Crippen molar-refractivity contribution in [3.05, 3.63) is 76.4 Å². The van der Waals surface area contributed by atoms with E-state index < -0.39 is 5.60 Å². The Labute approximate surface area is 159 Å². The number of thiophene rings is 1. The SMILES string of the molecule is O=C(/C=C/c1ccc2c(c1)OCO2)NCC(O)(c1ccoc1)c1cccs1. The summed E-state index contributed by atoms with van der Waals surface area (Å²) in [6.07, 6.45) is 6.07. The maximum absolute atomic E-state index is 12.3. The van der Waals surface area contributed by atoms with E-state index in [1.807, 2.05) is 23.6 Å². The summed E-state index contributed by atoms with van der Waals surface area (Å²) in [5.74, 6) is 1.04. The molecule has 1 atom stereocenters. The second kappa shape index (κ2) is 7.30. The fraction of sp³-hybridized carbons (Fsp3) is 0.150. The van der Waals surface area contributed by atoms with Crippen molar-refractivity contribution in [1.82, 2.24) is 5.32 Å². The number of benzene rings is 1. The smallest absolute Gasteiger partial charge is 0.244 e. The van der Waals surface area contributed by atoms with Gasteiger partial charge in [-0.3, -0.25) is 4.79 Å². The van der Waals surface area contributed by atoms with E-state index in [1.54, 1.807) is 24.3 Å². The van der Waals surface area contributed by atoms with Crippen molar-refractivity contribution < 1.29 is 23.8 Å². The average molecular weight is 383 g/mol. The van der Waals surface area contributed by atoms with Crippen LogP contribution in [0.2, 0.25) is 0 Å². The van der Waals surface area contributed by atoms with Crippen molar-refractivity contribution in [3.8, 4) is 11.5 Å². The third-order valence-corrected chi connectivity index (χ3v) is 5.29. The predicted octanol–water partition coefficient (Wildman–Crippen LogP) is 3.14. The number of amides is 1. The number of hydrogen-bond acceptors (Lipinski definition) is 6. The van der Waals surface area contributed by atoms with Crippen LogP contribution in [-0.4, -0.2) is 24.4 Å². The van der Waals surface area contributed by atoms with E-state index in [-0.39, 0.29) is 19.2 Å². The highest BCUT2D eigenvalue weighted by Crippen LogP contribution is 2.33. The maximum atomic E-state index is 12.3. The molecule has 0 saturated heterocycles. The van der Waals surface area contributed by atoms with Crippen molar-refractivity contribution in [1.29, 1.82) is 0 Å². The van der Waals surface area contributed by atoms with Crippen LogP contribution in [0.4, 0.5) is 0 Å². The molecule has 2 aromatic heterocycles. The minimum atomic E-state index is -1.34. The highest BCUT2D eigenvalue weighted by molar-refractivity contribution is 7.10. The number of ether oxygens (including phenoxy) is 2. The second-order valence-corrected chi connectivity index (χ2v) is 6.96. The minimum Gasteiger partial charge on any atom is -0.472 e. The summed E-state index contributed by atoms with van der Waals surface area (Å²) in [6, 6.07) is 10.8. The molecule has 0 fully saturated rings. The van der Waals surface area contributed by atoms with Crippen molar-refractivity contribution in [2.75, 3.05) is 13.3 Å². The van der Waals surface area contributed by atoms with Gasteiger partial charge in [-0.25, -0.2) is 0 Å². The standard InChI is InChI=1S/C20H17NO5S/c22-19(6-4-14-3-5-16-17(10-14)26-13-25-16)21-12-20(23,15-7-8-24-11-15)18-2-1-9-27-18/h1-11,23H,12-13H2,(H,21,22)/b6-4+. The first-order chi connectivity index (χ1) is 13.1. The summed E-state index contributed by atoms with van der Waals surface area (Å²) in [6.45, 7) is 0.232. The van der Waals surface area contributed by atoms with Crippen LogP contribution in [0.1, 0.15) is 16.0 Å². The molecule has 1 aliphatic rings. The summed E-state index contributed by atoms with van der Waals surface area (Å²) in [7, 11) is 0. The van der Waals surface area contributed by atoms with E-state index in [1.165, 1.54) is 29.9 Å². The fourth-order valence-corrected chi connectivity index (χ4v) is 3.65. The summed E-state index contributed by atoms with van der Waals surface area (Å²) >= 11 is 1.41. The molecule has 4 rings (SSSR count). The third-order valence-electron chi connectivity index (χ3n) is 4.27. The van der Waals surface area contributed by atoms with Gasteiger partial charge in [0.25, 0.3) is 0 Å². The Kier molecular flexibility index (Phi) is 4.70. The number of rotatable bonds is 6. The topological polar surface area (TPSA) is 80.9 Å². The normalized spacial score (nSPS) is 15.0. The van der Waals surface area contributed by atoms with Gasteiger partial charge in [0.15, 0.2) is 11.5 Å². The van der Waals surface area contributed by atoms with Gasteiger partial charge in [0.2, 0.25) is 12.7 Å². The van der Waals surface area contributed by atoms with Crippen LogP contribution in [0.15, 0.2) is 64.8 Å². The third kappa shape index (κ3) is 3.60. The Balaban J connectivity index is 1.44. The summed E-state index contributed by atoms with van der Waals surface area (Å²) in [4.78, 5) is 13.0. The van der Waals surface area contributed by atoms with E-state index >= 15 is 0 Å². The lowest BCUT2D eigenvalue weighted by Gasteiger charge is -2.26. The molecular weight excluding hydrogens is 366 g/mol. The summed E-state index contributed by atoms with van der Waals surface area (Å²) in [5.41, 5.74) is 0.0615. The molecule has 3 heterocycles. The number of aliphatic hydroxyl groups is 1. The highest BCUT2D eigenvalue weighted by Gasteiger charge is 2.34. The van der Waals surface area contributed by atoms with Gasteiger partial charge in [-0.2, -0.15) is 0 Å². The minimum absolute atomic E-state index is 0.0252. The molecule has 3 aromatic rings. The zero-order chi connectivity index (χ0) is 18.7. The molecule has 0 radical (unpaired) electrons. The first-order valence-corrected chi connectivity index (χ1v) is 9.18. The molecule has 1 aliphatic heterocycles. The van der Waals surface area contributed by atoms with Gasteiger partial charge in [0, 0.05) is 16.5 Å². The second-order valence-electron chi connectivity index (χ2n) is 6.01. The molecule has 6 nitrogen and oxygen atoms in total. The molecule has 138 valence electrons. The van der Waals surface area contributed by atoms with Crippen molar-refractivity contribution in [2.24, 2.45) is 0 Å². The largest absolute Gasteiger partial charge is 0.472 e. The zero-order valence-corrected chi connectivity index (χ0v) is 15.1. The van der Waals surface area contributed by atoms with E-state index in [4.69, 9.17) is 13.9 Å². The van der Waals surface area contributed by atoms with Gasteiger partial charge in [-0.15, -0.1) is 11.3 Å². The molecule has 0 spiro atoms. The summed E-state index contributed by atoms with van der Waals surface area (Å²) < 4.78 is 15.7. The van der Waals surface area contributed by atoms with E-state index in [9.17, 15) is 9.90 Å². The van der Waals surface area contributed by atoms with Crippen molar-refractivity contribution >= 4 is 23.3 Å². The number of carbonyl (C=O) groups excluding carboxylic acids is 1. The van der Waals surface area contributed by atoms with Crippen LogP contribution in [0, 0.1) is 0 Å². The molecule has 0 aliphatic carbocycles. The molecule has 0 bridgehead atoms. The fourth-order valence-electron chi connectivity index (χ4n) is 2.81. The summed E-state index contributed by atoms with van der Waals surface area (Å²) in [5, 5.41) is 15.8. The van der Waals surface area contributed by atoms with Crippen LogP contribution >= 0.6 is 11.3 Å². The molecule has 1 amide bonds. The number of fused-ring (bicyclic) bond motifs is 1. The van der Waals surface area contributed by atoms with Crippen LogP contribution in [0.5, 0.6) is 11.5 Å². The van der Waals surface area contributed by atoms with Crippen molar-refractivity contribution in [2.45, 2.75) is 5.60 Å². The molecule has 2 N–H and O–H groups in total. The Morgan fingerprint density at radius 2 is 2.15 bits per heavy atom. The lowest BCUT2D eigenvalue weighted by Crippen LogP contribution is -2.40. The predicted molar refractivity (Wildman–Crippen MR) is 101 cm³/mol. The van der Waals surface area contributed by atoms with Crippen LogP contribution < -0.4 is 14.8 Å². The number of nitrogens with one attached hydrogen (secondary N) is 1. The Morgan fingerprint density at radius 3 is 2.93 bits per heavy atom. The van der Waals surface area contributed by atoms with Gasteiger partial charge in [-0.05, 0) is 41.3 Å². The number of hydrogen-bond donors (Lipinski definition) is 2. The molecule has 27 heavy (non-hydrogen) atoms. The Hall–Kier alpha value is -3.03. The molecule has 1 aromatic carbocycles. The lowest BCUT2D eigenvalue weighted by molar-refractivity contribution is -0.117. The van der Waals surface area contributed by atoms with Crippen LogP contribution in [0.25, 0.3) is 6.08 Å². The van der Waals surface area contributed by atoms with Crippen LogP contribution in [0.3, 0.4) is 0 Å². The van der Waals surface area contributed by atoms with E-state index in [2.05, 4.69) is 5.32 Å². The van der Waals surface area contributed by atoms with E-state index in [0.29, 0.717) is 17.1 Å². The maximum Gasteiger partial charge on any atom is 0.244 e. The molecule has 0 saturated carbocycles. The highest BCUT2D eigenvalue weighted by atomic mass is 32.1. The molecule has 1 unspecified atom stereocenters. The van der Waals surface area contributed by atoms with Crippen molar-refractivity contribution in [3.63, 3.8) is 0 Å². The Morgan fingerprint density at radius 1 is 1.26 bits per heavy atom. The van der Waals surface area contributed by atoms with Gasteiger partial charge in [0.05, 0.1) is 19.1 Å². The first-order valence-electron chi connectivity index (χ1n) is 8.30. The van der Waals surface area contributed by atoms with Crippen LogP contribution in [-0.2, 0) is 10.4 Å². The molecule has 7 heteroatoms. The van der Waals surface area contributed by atoms with Gasteiger partial charge in [-0.1, -0.05) is 12.1 Å².